The van der Waals surface area contributed by atoms with Gasteiger partial charge in [0.25, 0.3) is 17.5 Å². The molecule has 204 valence electrons. The fourth-order valence-electron chi connectivity index (χ4n) is 4.55. The van der Waals surface area contributed by atoms with Crippen LogP contribution in [0.15, 0.2) is 42.5 Å². The molecule has 1 atom stereocenters. The van der Waals surface area contributed by atoms with Crippen molar-refractivity contribution in [1.82, 2.24) is 0 Å². The second-order valence-corrected chi connectivity index (χ2v) is 10.5. The maximum Gasteiger partial charge on any atom is 0.316 e. The molecule has 0 aliphatic carbocycles. The number of nitro benzene ring substituents is 1. The van der Waals surface area contributed by atoms with Crippen LogP contribution in [0.4, 0.5) is 17.1 Å². The molecule has 1 saturated heterocycles. The number of esters is 1. The summed E-state index contributed by atoms with van der Waals surface area (Å²) in [6.45, 7) is 1.53. The third-order valence-corrected chi connectivity index (χ3v) is 8.36. The molecule has 0 N–H and O–H groups in total. The number of rotatable bonds is 5. The van der Waals surface area contributed by atoms with Crippen LogP contribution in [0.3, 0.4) is 0 Å². The number of hydrogen-bond donors (Lipinski definition) is 0. The maximum atomic E-state index is 13.1. The van der Waals surface area contributed by atoms with E-state index in [2.05, 4.69) is 0 Å². The molecule has 14 heteroatoms. The van der Waals surface area contributed by atoms with Crippen LogP contribution in [0.25, 0.3) is 0 Å². The Morgan fingerprint density at radius 1 is 0.925 bits per heavy atom. The lowest BCUT2D eigenvalue weighted by Crippen LogP contribution is -2.29. The molecule has 0 saturated carbocycles. The zero-order chi connectivity index (χ0) is 29.0. The molecule has 0 unspecified atom stereocenters. The first-order valence-electron chi connectivity index (χ1n) is 11.5. The van der Waals surface area contributed by atoms with E-state index < -0.39 is 34.5 Å². The van der Waals surface area contributed by atoms with Crippen molar-refractivity contribution in [3.05, 3.63) is 89.4 Å². The number of halogens is 4. The summed E-state index contributed by atoms with van der Waals surface area (Å²) in [6.07, 6.45) is -0.170. The zero-order valence-corrected chi connectivity index (χ0v) is 23.3. The highest BCUT2D eigenvalue weighted by atomic mass is 35.5. The molecule has 40 heavy (non-hydrogen) atoms. The number of nitro groups is 1. The van der Waals surface area contributed by atoms with E-state index in [1.807, 2.05) is 0 Å². The molecule has 2 aliphatic rings. The molecular formula is C26H15Cl4N3O7. The van der Waals surface area contributed by atoms with Gasteiger partial charge in [-0.1, -0.05) is 58.5 Å². The van der Waals surface area contributed by atoms with Gasteiger partial charge < -0.3 is 9.64 Å². The number of carbonyl (C=O) groups is 4. The van der Waals surface area contributed by atoms with Crippen LogP contribution >= 0.6 is 46.4 Å². The summed E-state index contributed by atoms with van der Waals surface area (Å²) in [6, 6.07) is 10.0. The monoisotopic (exact) mass is 621 g/mol. The third-order valence-electron chi connectivity index (χ3n) is 6.55. The van der Waals surface area contributed by atoms with Crippen LogP contribution in [0.2, 0.25) is 20.1 Å². The third kappa shape index (κ3) is 4.56. The molecule has 5 rings (SSSR count). The Morgan fingerprint density at radius 2 is 1.55 bits per heavy atom. The minimum atomic E-state index is -0.863. The minimum Gasteiger partial charge on any atom is -0.426 e. The average molecular weight is 623 g/mol. The van der Waals surface area contributed by atoms with Gasteiger partial charge in [-0.05, 0) is 25.1 Å². The first-order chi connectivity index (χ1) is 18.9. The zero-order valence-electron chi connectivity index (χ0n) is 20.2. The standard InChI is InChI=1S/C26H15Cl4N3O7/c1-11-5-6-13(9-16(11)33(38)39)31-10-12(7-17(31)34)26(37)40-15-4-2-3-14(8-15)32-24(35)18-19(25(32)36)21(28)23(30)22(29)20(18)27/h2-6,8-9,12H,7,10H2,1H3/t12-/m0/s1. The maximum absolute atomic E-state index is 13.1. The molecule has 0 aromatic heterocycles. The fraction of sp³-hybridized carbons (Fsp3) is 0.154. The fourth-order valence-corrected chi connectivity index (χ4v) is 5.56. The molecule has 3 aromatic rings. The molecule has 0 radical (unpaired) electrons. The number of amides is 3. The van der Waals surface area contributed by atoms with Gasteiger partial charge in [0.05, 0.1) is 53.4 Å². The largest absolute Gasteiger partial charge is 0.426 e. The summed E-state index contributed by atoms with van der Waals surface area (Å²) in [5, 5.41) is 10.5. The number of benzene rings is 3. The Balaban J connectivity index is 1.35. The van der Waals surface area contributed by atoms with Crippen molar-refractivity contribution >= 4 is 87.2 Å². The number of carbonyl (C=O) groups excluding carboxylic acids is 4. The van der Waals surface area contributed by atoms with Gasteiger partial charge in [-0.25, -0.2) is 4.90 Å². The van der Waals surface area contributed by atoms with E-state index in [1.54, 1.807) is 13.0 Å². The van der Waals surface area contributed by atoms with Gasteiger partial charge in [0.1, 0.15) is 5.75 Å². The van der Waals surface area contributed by atoms with E-state index in [1.165, 1.54) is 41.3 Å². The highest BCUT2D eigenvalue weighted by molar-refractivity contribution is 6.56. The highest BCUT2D eigenvalue weighted by Crippen LogP contribution is 2.46. The van der Waals surface area contributed by atoms with Gasteiger partial charge in [0.2, 0.25) is 5.91 Å². The van der Waals surface area contributed by atoms with E-state index in [9.17, 15) is 29.3 Å². The number of nitrogens with zero attached hydrogens (tertiary/aromatic N) is 3. The molecule has 2 heterocycles. The van der Waals surface area contributed by atoms with Crippen molar-refractivity contribution in [3.8, 4) is 5.75 Å². The molecule has 1 fully saturated rings. The molecule has 10 nitrogen and oxygen atoms in total. The average Bonchev–Trinajstić information content (AvgIpc) is 3.43. The van der Waals surface area contributed by atoms with Crippen LogP contribution in [-0.2, 0) is 9.59 Å². The summed E-state index contributed by atoms with van der Waals surface area (Å²) < 4.78 is 5.48. The molecule has 3 amide bonds. The summed E-state index contributed by atoms with van der Waals surface area (Å²) in [7, 11) is 0. The molecule has 3 aromatic carbocycles. The summed E-state index contributed by atoms with van der Waals surface area (Å²) in [4.78, 5) is 64.7. The number of aryl methyl sites for hydroxylation is 1. The van der Waals surface area contributed by atoms with E-state index in [-0.39, 0.29) is 61.3 Å². The van der Waals surface area contributed by atoms with Crippen molar-refractivity contribution < 1.29 is 28.8 Å². The minimum absolute atomic E-state index is 0.00388. The van der Waals surface area contributed by atoms with Crippen LogP contribution in [0.1, 0.15) is 32.7 Å². The molecular weight excluding hydrogens is 608 g/mol. The van der Waals surface area contributed by atoms with Crippen molar-refractivity contribution in [2.75, 3.05) is 16.3 Å². The second-order valence-electron chi connectivity index (χ2n) is 9.00. The van der Waals surface area contributed by atoms with Gasteiger partial charge in [0, 0.05) is 30.7 Å². The summed E-state index contributed by atoms with van der Waals surface area (Å²) >= 11 is 24.5. The van der Waals surface area contributed by atoms with Crippen LogP contribution < -0.4 is 14.5 Å². The van der Waals surface area contributed by atoms with Crippen molar-refractivity contribution in [1.29, 1.82) is 0 Å². The van der Waals surface area contributed by atoms with Gasteiger partial charge in [-0.2, -0.15) is 0 Å². The predicted octanol–water partition coefficient (Wildman–Crippen LogP) is 6.28. The van der Waals surface area contributed by atoms with Crippen molar-refractivity contribution in [3.63, 3.8) is 0 Å². The first kappa shape index (κ1) is 27.9. The molecule has 0 spiro atoms. The van der Waals surface area contributed by atoms with E-state index in [4.69, 9.17) is 51.1 Å². The second kappa shape index (κ2) is 10.4. The van der Waals surface area contributed by atoms with Gasteiger partial charge in [-0.15, -0.1) is 0 Å². The van der Waals surface area contributed by atoms with Gasteiger partial charge in [-0.3, -0.25) is 29.3 Å². The van der Waals surface area contributed by atoms with Crippen LogP contribution in [0, 0.1) is 23.0 Å². The number of anilines is 2. The lowest BCUT2D eigenvalue weighted by molar-refractivity contribution is -0.385. The molecule has 0 bridgehead atoms. The van der Waals surface area contributed by atoms with E-state index in [0.29, 0.717) is 11.3 Å². The van der Waals surface area contributed by atoms with Crippen LogP contribution in [-0.4, -0.2) is 35.2 Å². The number of fused-ring (bicyclic) bond motifs is 1. The normalized spacial score (nSPS) is 16.5. The first-order valence-corrected chi connectivity index (χ1v) is 13.0. The van der Waals surface area contributed by atoms with Crippen molar-refractivity contribution in [2.45, 2.75) is 13.3 Å². The molecule has 2 aliphatic heterocycles. The van der Waals surface area contributed by atoms with E-state index >= 15 is 0 Å². The topological polar surface area (TPSA) is 127 Å². The smallest absolute Gasteiger partial charge is 0.316 e. The summed E-state index contributed by atoms with van der Waals surface area (Å²) in [5.41, 5.74) is 0.247. The van der Waals surface area contributed by atoms with Crippen LogP contribution in [0.5, 0.6) is 5.75 Å². The number of ether oxygens (including phenoxy) is 1. The predicted molar refractivity (Wildman–Crippen MR) is 148 cm³/mol. The number of hydrogen-bond acceptors (Lipinski definition) is 7. The Bertz CT molecular complexity index is 1630. The Labute approximate surface area is 246 Å². The summed E-state index contributed by atoms with van der Waals surface area (Å²) in [5.74, 6) is -3.58. The number of imide groups is 1. The van der Waals surface area contributed by atoms with Gasteiger partial charge >= 0.3 is 5.97 Å². The van der Waals surface area contributed by atoms with Crippen molar-refractivity contribution in [2.24, 2.45) is 5.92 Å². The lowest BCUT2D eigenvalue weighted by Gasteiger charge is -2.17. The lowest BCUT2D eigenvalue weighted by atomic mass is 10.1. The Kier molecular flexibility index (Phi) is 7.22. The highest BCUT2D eigenvalue weighted by Gasteiger charge is 2.43. The SMILES string of the molecule is Cc1ccc(N2C[C@@H](C(=O)Oc3cccc(N4C(=O)c5c(Cl)c(Cl)c(Cl)c(Cl)c5C4=O)c3)CC2=O)cc1[N+](=O)[O-]. The van der Waals surface area contributed by atoms with E-state index in [0.717, 1.165) is 4.90 Å². The quantitative estimate of drug-likeness (QED) is 0.0623. The Hall–Kier alpha value is -3.70. The Morgan fingerprint density at radius 3 is 2.15 bits per heavy atom. The van der Waals surface area contributed by atoms with Gasteiger partial charge in [0.15, 0.2) is 0 Å².